The number of rotatable bonds is 6. The van der Waals surface area contributed by atoms with E-state index >= 15 is 0 Å². The summed E-state index contributed by atoms with van der Waals surface area (Å²) in [7, 11) is -3.86. The number of aromatic nitrogens is 2. The second-order valence-corrected chi connectivity index (χ2v) is 7.53. The maximum Gasteiger partial charge on any atom is 0.328 e. The highest BCUT2D eigenvalue weighted by molar-refractivity contribution is 7.92. The van der Waals surface area contributed by atoms with Gasteiger partial charge in [0.25, 0.3) is 0 Å². The van der Waals surface area contributed by atoms with Gasteiger partial charge in [-0.05, 0) is 34.1 Å². The summed E-state index contributed by atoms with van der Waals surface area (Å²) >= 11 is 5.58. The highest BCUT2D eigenvalue weighted by Gasteiger charge is 2.38. The van der Waals surface area contributed by atoms with Crippen molar-refractivity contribution in [1.29, 1.82) is 0 Å². The molecule has 1 aromatic heterocycles. The molecule has 0 aliphatic rings. The highest BCUT2D eigenvalue weighted by Crippen LogP contribution is 2.32. The predicted octanol–water partition coefficient (Wildman–Crippen LogP) is 2.47. The van der Waals surface area contributed by atoms with Gasteiger partial charge >= 0.3 is 5.69 Å². The number of halogens is 1. The fraction of sp³-hybridized carbons (Fsp3) is 0.727. The molecular weight excluding hydrogens is 306 g/mol. The molecule has 0 saturated carbocycles. The van der Waals surface area contributed by atoms with Gasteiger partial charge in [0.1, 0.15) is 5.69 Å². The average Bonchev–Trinajstić information content (AvgIpc) is 2.67. The Kier molecular flexibility index (Phi) is 5.15. The van der Waals surface area contributed by atoms with Crippen LogP contribution in [0.2, 0.25) is 0 Å². The maximum absolute atomic E-state index is 12.6. The third kappa shape index (κ3) is 2.95. The van der Waals surface area contributed by atoms with E-state index in [0.717, 1.165) is 0 Å². The van der Waals surface area contributed by atoms with Crippen molar-refractivity contribution in [1.82, 2.24) is 9.78 Å². The zero-order chi connectivity index (χ0) is 15.7. The second-order valence-electron chi connectivity index (χ2n) is 4.87. The van der Waals surface area contributed by atoms with Gasteiger partial charge in [0.2, 0.25) is 14.9 Å². The van der Waals surface area contributed by atoms with Crippen LogP contribution in [0.4, 0.5) is 5.69 Å². The summed E-state index contributed by atoms with van der Waals surface area (Å²) in [5.74, 6) is 0.170. The number of nitrogens with zero attached hydrogens (tertiary/aromatic N) is 3. The van der Waals surface area contributed by atoms with Gasteiger partial charge in [-0.15, -0.1) is 11.6 Å². The molecule has 1 atom stereocenters. The van der Waals surface area contributed by atoms with Crippen molar-refractivity contribution in [2.45, 2.75) is 50.4 Å². The lowest BCUT2D eigenvalue weighted by molar-refractivity contribution is -0.388. The zero-order valence-corrected chi connectivity index (χ0v) is 13.4. The van der Waals surface area contributed by atoms with Crippen molar-refractivity contribution < 1.29 is 13.3 Å². The molecule has 0 radical (unpaired) electrons. The van der Waals surface area contributed by atoms with Crippen LogP contribution in [0.3, 0.4) is 0 Å². The summed E-state index contributed by atoms with van der Waals surface area (Å²) in [5, 5.41) is 14.0. The molecule has 0 aromatic carbocycles. The number of sulfone groups is 1. The van der Waals surface area contributed by atoms with Crippen LogP contribution in [-0.2, 0) is 9.84 Å². The molecule has 114 valence electrons. The summed E-state index contributed by atoms with van der Waals surface area (Å²) in [6.45, 7) is 6.37. The Morgan fingerprint density at radius 2 is 1.95 bits per heavy atom. The van der Waals surface area contributed by atoms with Crippen LogP contribution in [0.1, 0.15) is 38.9 Å². The average molecular weight is 324 g/mol. The molecule has 0 amide bonds. The first-order valence-electron chi connectivity index (χ1n) is 6.17. The summed E-state index contributed by atoms with van der Waals surface area (Å²) in [4.78, 5) is 10.5. The largest absolute Gasteiger partial charge is 0.328 e. The lowest BCUT2D eigenvalue weighted by Crippen LogP contribution is -2.23. The minimum Gasteiger partial charge on any atom is -0.258 e. The second kappa shape index (κ2) is 6.09. The standard InChI is InChI=1S/C11H18ClN3O4S/c1-7(2)14-11(10(15(16)17)9(4)13-14)20(18,19)8(3)5-6-12/h7-8H,5-6H2,1-4H3. The zero-order valence-electron chi connectivity index (χ0n) is 11.8. The molecule has 1 rings (SSSR count). The first-order valence-corrected chi connectivity index (χ1v) is 8.26. The molecular formula is C11H18ClN3O4S. The lowest BCUT2D eigenvalue weighted by Gasteiger charge is -2.14. The van der Waals surface area contributed by atoms with Crippen molar-refractivity contribution in [3.05, 3.63) is 15.8 Å². The molecule has 0 saturated heterocycles. The molecule has 0 aliphatic heterocycles. The van der Waals surface area contributed by atoms with E-state index in [-0.39, 0.29) is 29.1 Å². The van der Waals surface area contributed by atoms with E-state index in [0.29, 0.717) is 0 Å². The van der Waals surface area contributed by atoms with Gasteiger partial charge in [-0.1, -0.05) is 0 Å². The van der Waals surface area contributed by atoms with Gasteiger partial charge in [-0.2, -0.15) is 5.10 Å². The Hall–Kier alpha value is -1.15. The van der Waals surface area contributed by atoms with Gasteiger partial charge in [-0.25, -0.2) is 13.1 Å². The lowest BCUT2D eigenvalue weighted by atomic mass is 10.4. The van der Waals surface area contributed by atoms with Crippen molar-refractivity contribution >= 4 is 27.1 Å². The molecule has 0 spiro atoms. The summed E-state index contributed by atoms with van der Waals surface area (Å²) < 4.78 is 26.3. The van der Waals surface area contributed by atoms with E-state index in [9.17, 15) is 18.5 Å². The Bertz CT molecular complexity index is 609. The molecule has 1 aromatic rings. The first-order chi connectivity index (χ1) is 9.14. The summed E-state index contributed by atoms with van der Waals surface area (Å²) in [6, 6.07) is -0.296. The van der Waals surface area contributed by atoms with Gasteiger partial charge < -0.3 is 0 Å². The Morgan fingerprint density at radius 3 is 2.35 bits per heavy atom. The maximum atomic E-state index is 12.6. The third-order valence-electron chi connectivity index (χ3n) is 3.00. The van der Waals surface area contributed by atoms with Gasteiger partial charge in [0.05, 0.1) is 10.2 Å². The molecule has 7 nitrogen and oxygen atoms in total. The van der Waals surface area contributed by atoms with Crippen molar-refractivity contribution in [3.8, 4) is 0 Å². The number of aryl methyl sites for hydroxylation is 1. The fourth-order valence-electron chi connectivity index (χ4n) is 1.84. The SMILES string of the molecule is Cc1nn(C(C)C)c(S(=O)(=O)C(C)CCCl)c1[N+](=O)[O-]. The number of nitro groups is 1. The predicted molar refractivity (Wildman–Crippen MR) is 76.0 cm³/mol. The van der Waals surface area contributed by atoms with E-state index in [1.54, 1.807) is 13.8 Å². The topological polar surface area (TPSA) is 95.1 Å². The molecule has 1 unspecified atom stereocenters. The normalized spacial score (nSPS) is 13.7. The van der Waals surface area contributed by atoms with Crippen LogP contribution in [-0.4, -0.2) is 34.3 Å². The Morgan fingerprint density at radius 1 is 1.40 bits per heavy atom. The van der Waals surface area contributed by atoms with Gasteiger partial charge in [0, 0.05) is 11.9 Å². The highest BCUT2D eigenvalue weighted by atomic mass is 35.5. The number of hydrogen-bond acceptors (Lipinski definition) is 5. The third-order valence-corrected chi connectivity index (χ3v) is 5.43. The molecule has 0 fully saturated rings. The minimum absolute atomic E-state index is 0.0975. The van der Waals surface area contributed by atoms with Crippen LogP contribution >= 0.6 is 11.6 Å². The molecule has 0 N–H and O–H groups in total. The van der Waals surface area contributed by atoms with Crippen LogP contribution in [0, 0.1) is 17.0 Å². The van der Waals surface area contributed by atoms with E-state index in [2.05, 4.69) is 5.10 Å². The van der Waals surface area contributed by atoms with E-state index in [1.165, 1.54) is 18.5 Å². The van der Waals surface area contributed by atoms with E-state index < -0.39 is 25.7 Å². The quantitative estimate of drug-likeness (QED) is 0.455. The fourth-order valence-corrected chi connectivity index (χ4v) is 4.11. The first kappa shape index (κ1) is 16.9. The summed E-state index contributed by atoms with van der Waals surface area (Å²) in [6.07, 6.45) is 0.226. The van der Waals surface area contributed by atoms with Crippen molar-refractivity contribution in [3.63, 3.8) is 0 Å². The summed E-state index contributed by atoms with van der Waals surface area (Å²) in [5.41, 5.74) is -0.347. The molecule has 0 aliphatic carbocycles. The van der Waals surface area contributed by atoms with Crippen LogP contribution < -0.4 is 0 Å². The van der Waals surface area contributed by atoms with E-state index in [1.807, 2.05) is 0 Å². The van der Waals surface area contributed by atoms with Gasteiger partial charge in [-0.3, -0.25) is 10.1 Å². The van der Waals surface area contributed by atoms with Crippen molar-refractivity contribution in [2.24, 2.45) is 0 Å². The van der Waals surface area contributed by atoms with Crippen molar-refractivity contribution in [2.75, 3.05) is 5.88 Å². The molecule has 1 heterocycles. The smallest absolute Gasteiger partial charge is 0.258 e. The number of alkyl halides is 1. The van der Waals surface area contributed by atoms with E-state index in [4.69, 9.17) is 11.6 Å². The van der Waals surface area contributed by atoms with Gasteiger partial charge in [0.15, 0.2) is 0 Å². The van der Waals surface area contributed by atoms with Crippen LogP contribution in [0.5, 0.6) is 0 Å². The molecule has 20 heavy (non-hydrogen) atoms. The van der Waals surface area contributed by atoms with Crippen LogP contribution in [0.15, 0.2) is 5.03 Å². The Labute approximate surface area is 123 Å². The molecule has 0 bridgehead atoms. The Balaban J connectivity index is 3.60. The minimum atomic E-state index is -3.86. The van der Waals surface area contributed by atoms with Crippen LogP contribution in [0.25, 0.3) is 0 Å². The monoisotopic (exact) mass is 323 g/mol. The number of hydrogen-bond donors (Lipinski definition) is 0. The molecule has 9 heteroatoms.